The van der Waals surface area contributed by atoms with Gasteiger partial charge in [0.1, 0.15) is 16.9 Å². The van der Waals surface area contributed by atoms with Crippen LogP contribution in [0.15, 0.2) is 18.5 Å². The van der Waals surface area contributed by atoms with Gasteiger partial charge in [-0.1, -0.05) is 11.6 Å². The maximum Gasteiger partial charge on any atom is 0.213 e. The Labute approximate surface area is 112 Å². The van der Waals surface area contributed by atoms with Gasteiger partial charge >= 0.3 is 0 Å². The first-order valence-corrected chi connectivity index (χ1v) is 7.75. The highest BCUT2D eigenvalue weighted by Crippen LogP contribution is 2.26. The fourth-order valence-corrected chi connectivity index (χ4v) is 3.17. The third kappa shape index (κ3) is 2.93. The second kappa shape index (κ2) is 5.42. The summed E-state index contributed by atoms with van der Waals surface area (Å²) in [6.45, 7) is 2.53. The van der Waals surface area contributed by atoms with Gasteiger partial charge in [-0.25, -0.2) is 8.42 Å². The van der Waals surface area contributed by atoms with Gasteiger partial charge in [-0.15, -0.1) is 0 Å². The molecule has 1 fully saturated rings. The van der Waals surface area contributed by atoms with Crippen LogP contribution in [0.3, 0.4) is 0 Å². The lowest BCUT2D eigenvalue weighted by atomic mass is 10.3. The van der Waals surface area contributed by atoms with Gasteiger partial charge in [-0.05, 0) is 13.3 Å². The first-order valence-electron chi connectivity index (χ1n) is 5.77. The summed E-state index contributed by atoms with van der Waals surface area (Å²) in [4.78, 5) is 3.87. The monoisotopic (exact) mass is 290 g/mol. The summed E-state index contributed by atoms with van der Waals surface area (Å²) < 4.78 is 30.6. The summed E-state index contributed by atoms with van der Waals surface area (Å²) in [5.41, 5.74) is 0. The average molecular weight is 291 g/mol. The Morgan fingerprint density at radius 1 is 1.61 bits per heavy atom. The minimum atomic E-state index is -3.13. The Balaban J connectivity index is 2.01. The molecule has 1 aliphatic rings. The van der Waals surface area contributed by atoms with E-state index in [1.165, 1.54) is 10.5 Å². The Morgan fingerprint density at radius 2 is 2.39 bits per heavy atom. The molecular formula is C11H15ClN2O3S. The van der Waals surface area contributed by atoms with Crippen molar-refractivity contribution in [2.75, 3.05) is 18.8 Å². The molecule has 1 aromatic heterocycles. The molecule has 18 heavy (non-hydrogen) atoms. The summed E-state index contributed by atoms with van der Waals surface area (Å²) in [7, 11) is -3.13. The van der Waals surface area contributed by atoms with Crippen LogP contribution in [-0.4, -0.2) is 42.7 Å². The van der Waals surface area contributed by atoms with Crippen molar-refractivity contribution in [2.24, 2.45) is 0 Å². The van der Waals surface area contributed by atoms with Crippen LogP contribution in [0, 0.1) is 0 Å². The first-order chi connectivity index (χ1) is 8.53. The van der Waals surface area contributed by atoms with E-state index >= 15 is 0 Å². The number of ether oxygens (including phenoxy) is 1. The normalized spacial score (nSPS) is 21.1. The quantitative estimate of drug-likeness (QED) is 0.844. The van der Waals surface area contributed by atoms with E-state index < -0.39 is 10.0 Å². The number of rotatable bonds is 4. The first kappa shape index (κ1) is 13.6. The van der Waals surface area contributed by atoms with E-state index in [0.717, 1.165) is 0 Å². The molecule has 2 rings (SSSR count). The van der Waals surface area contributed by atoms with Gasteiger partial charge in [0.25, 0.3) is 0 Å². The van der Waals surface area contributed by atoms with E-state index in [9.17, 15) is 8.42 Å². The van der Waals surface area contributed by atoms with E-state index in [2.05, 4.69) is 4.98 Å². The van der Waals surface area contributed by atoms with E-state index in [1.54, 1.807) is 19.2 Å². The smallest absolute Gasteiger partial charge is 0.213 e. The zero-order chi connectivity index (χ0) is 13.2. The Kier molecular flexibility index (Phi) is 4.09. The Bertz CT molecular complexity index is 521. The summed E-state index contributed by atoms with van der Waals surface area (Å²) in [6, 6.07) is 1.68. The van der Waals surface area contributed by atoms with Crippen LogP contribution in [0.4, 0.5) is 0 Å². The zero-order valence-electron chi connectivity index (χ0n) is 10.0. The molecule has 1 aromatic rings. The van der Waals surface area contributed by atoms with Crippen LogP contribution in [0.25, 0.3) is 0 Å². The lowest BCUT2D eigenvalue weighted by Crippen LogP contribution is -2.32. The third-order valence-corrected chi connectivity index (χ3v) is 5.03. The van der Waals surface area contributed by atoms with Crippen LogP contribution in [-0.2, 0) is 10.0 Å². The van der Waals surface area contributed by atoms with E-state index in [0.29, 0.717) is 30.3 Å². The minimum absolute atomic E-state index is 0.121. The van der Waals surface area contributed by atoms with Crippen molar-refractivity contribution in [3.05, 3.63) is 23.5 Å². The fraction of sp³-hybridized carbons (Fsp3) is 0.545. The molecule has 0 bridgehead atoms. The Morgan fingerprint density at radius 3 is 3.06 bits per heavy atom. The van der Waals surface area contributed by atoms with Crippen molar-refractivity contribution >= 4 is 21.6 Å². The van der Waals surface area contributed by atoms with Gasteiger partial charge in [-0.3, -0.25) is 4.98 Å². The summed E-state index contributed by atoms with van der Waals surface area (Å²) in [5, 5.41) is 0.439. The van der Waals surface area contributed by atoms with Crippen molar-refractivity contribution in [1.29, 1.82) is 0 Å². The number of sulfonamides is 1. The highest BCUT2D eigenvalue weighted by atomic mass is 35.5. The number of pyridine rings is 1. The molecule has 0 radical (unpaired) electrons. The average Bonchev–Trinajstić information content (AvgIpc) is 2.81. The van der Waals surface area contributed by atoms with Gasteiger partial charge in [0.05, 0.1) is 12.3 Å². The maximum atomic E-state index is 11.7. The molecular weight excluding hydrogens is 276 g/mol. The zero-order valence-corrected chi connectivity index (χ0v) is 11.6. The van der Waals surface area contributed by atoms with Crippen molar-refractivity contribution in [3.8, 4) is 5.75 Å². The van der Waals surface area contributed by atoms with Crippen LogP contribution in [0.2, 0.25) is 5.02 Å². The maximum absolute atomic E-state index is 11.7. The predicted octanol–water partition coefficient (Wildman–Crippen LogP) is 1.54. The lowest BCUT2D eigenvalue weighted by molar-refractivity contribution is 0.215. The number of nitrogens with zero attached hydrogens (tertiary/aromatic N) is 2. The largest absolute Gasteiger partial charge is 0.487 e. The molecule has 0 amide bonds. The van der Waals surface area contributed by atoms with Gasteiger partial charge in [0, 0.05) is 25.0 Å². The highest BCUT2D eigenvalue weighted by Gasteiger charge is 2.31. The van der Waals surface area contributed by atoms with Crippen LogP contribution in [0.1, 0.15) is 13.3 Å². The summed E-state index contributed by atoms with van der Waals surface area (Å²) in [5.74, 6) is 0.669. The van der Waals surface area contributed by atoms with Crippen LogP contribution in [0.5, 0.6) is 5.75 Å². The van der Waals surface area contributed by atoms with E-state index in [-0.39, 0.29) is 11.9 Å². The molecule has 7 heteroatoms. The fourth-order valence-electron chi connectivity index (χ4n) is 1.87. The predicted molar refractivity (Wildman–Crippen MR) is 69.3 cm³/mol. The van der Waals surface area contributed by atoms with Crippen LogP contribution >= 0.6 is 11.6 Å². The molecule has 0 N–H and O–H groups in total. The number of hydrogen-bond donors (Lipinski definition) is 0. The SMILES string of the molecule is CCS(=O)(=O)N1CCC(Oc2ccncc2Cl)C1. The molecule has 5 nitrogen and oxygen atoms in total. The second-order valence-corrected chi connectivity index (χ2v) is 6.76. The number of hydrogen-bond acceptors (Lipinski definition) is 4. The van der Waals surface area contributed by atoms with Gasteiger partial charge in [0.2, 0.25) is 10.0 Å². The lowest BCUT2D eigenvalue weighted by Gasteiger charge is -2.16. The molecule has 2 heterocycles. The van der Waals surface area contributed by atoms with Gasteiger partial charge < -0.3 is 4.74 Å². The second-order valence-electron chi connectivity index (χ2n) is 4.09. The van der Waals surface area contributed by atoms with E-state index in [1.807, 2.05) is 0 Å². The molecule has 0 aromatic carbocycles. The third-order valence-electron chi connectivity index (χ3n) is 2.89. The van der Waals surface area contributed by atoms with Crippen LogP contribution < -0.4 is 4.74 Å². The van der Waals surface area contributed by atoms with Gasteiger partial charge in [-0.2, -0.15) is 4.31 Å². The van der Waals surface area contributed by atoms with Crippen molar-refractivity contribution in [2.45, 2.75) is 19.4 Å². The van der Waals surface area contributed by atoms with Crippen molar-refractivity contribution < 1.29 is 13.2 Å². The molecule has 1 aliphatic heterocycles. The Hall–Kier alpha value is -0.850. The molecule has 1 unspecified atom stereocenters. The molecule has 1 atom stereocenters. The molecule has 0 spiro atoms. The molecule has 100 valence electrons. The van der Waals surface area contributed by atoms with E-state index in [4.69, 9.17) is 16.3 Å². The number of aromatic nitrogens is 1. The minimum Gasteiger partial charge on any atom is -0.487 e. The van der Waals surface area contributed by atoms with Crippen molar-refractivity contribution in [3.63, 3.8) is 0 Å². The summed E-state index contributed by atoms with van der Waals surface area (Å²) >= 11 is 5.94. The molecule has 0 aliphatic carbocycles. The van der Waals surface area contributed by atoms with Gasteiger partial charge in [0.15, 0.2) is 0 Å². The molecule has 1 saturated heterocycles. The number of halogens is 1. The topological polar surface area (TPSA) is 59.5 Å². The summed E-state index contributed by atoms with van der Waals surface area (Å²) in [6.07, 6.45) is 3.63. The standard InChI is InChI=1S/C11H15ClN2O3S/c1-2-18(15,16)14-6-4-9(8-14)17-11-3-5-13-7-10(11)12/h3,5,7,9H,2,4,6,8H2,1H3. The van der Waals surface area contributed by atoms with Crippen molar-refractivity contribution in [1.82, 2.24) is 9.29 Å². The highest BCUT2D eigenvalue weighted by molar-refractivity contribution is 7.89. The molecule has 0 saturated carbocycles.